The molecule has 0 bridgehead atoms. The molecule has 1 unspecified atom stereocenters. The first-order chi connectivity index (χ1) is 8.33. The maximum absolute atomic E-state index is 12.7. The van der Waals surface area contributed by atoms with Gasteiger partial charge in [0.25, 0.3) is 5.91 Å². The molecule has 0 radical (unpaired) electrons. The van der Waals surface area contributed by atoms with Gasteiger partial charge in [0.15, 0.2) is 6.17 Å². The number of benzene rings is 1. The van der Waals surface area contributed by atoms with E-state index in [4.69, 9.17) is 0 Å². The Morgan fingerprint density at radius 2 is 1.89 bits per heavy atom. The second-order valence-corrected chi connectivity index (χ2v) is 5.41. The molecule has 1 atom stereocenters. The number of hydrogen-bond donors (Lipinski definition) is 1. The van der Waals surface area contributed by atoms with Crippen molar-refractivity contribution in [3.63, 3.8) is 0 Å². The molecule has 0 heterocycles. The topological polar surface area (TPSA) is 29.1 Å². The van der Waals surface area contributed by atoms with Gasteiger partial charge in [-0.2, -0.15) is 0 Å². The zero-order chi connectivity index (χ0) is 13.8. The fourth-order valence-electron chi connectivity index (χ4n) is 1.79. The van der Waals surface area contributed by atoms with E-state index in [0.29, 0.717) is 6.54 Å². The highest BCUT2D eigenvalue weighted by atomic mass is 19.1. The summed E-state index contributed by atoms with van der Waals surface area (Å²) in [6, 6.07) is 8.38. The number of rotatable bonds is 5. The lowest BCUT2D eigenvalue weighted by Crippen LogP contribution is -2.34. The van der Waals surface area contributed by atoms with Gasteiger partial charge >= 0.3 is 0 Å². The number of aryl methyl sites for hydroxylation is 1. The van der Waals surface area contributed by atoms with Crippen molar-refractivity contribution in [3.8, 4) is 0 Å². The highest BCUT2D eigenvalue weighted by molar-refractivity contribution is 5.80. The summed E-state index contributed by atoms with van der Waals surface area (Å²) in [5.74, 6) is -0.533. The second-order valence-electron chi connectivity index (χ2n) is 5.41. The van der Waals surface area contributed by atoms with Gasteiger partial charge in [-0.05, 0) is 31.2 Å². The van der Waals surface area contributed by atoms with Crippen molar-refractivity contribution in [1.82, 2.24) is 5.32 Å². The maximum atomic E-state index is 12.7. The molecular formula is C15H22FNO. The molecule has 0 aliphatic rings. The molecule has 0 spiro atoms. The highest BCUT2D eigenvalue weighted by Crippen LogP contribution is 2.26. The minimum atomic E-state index is -1.44. The number of alkyl halides is 1. The van der Waals surface area contributed by atoms with Crippen LogP contribution in [0.15, 0.2) is 24.3 Å². The van der Waals surface area contributed by atoms with Gasteiger partial charge in [-0.3, -0.25) is 4.79 Å². The Balaban J connectivity index is 2.54. The highest BCUT2D eigenvalue weighted by Gasteiger charge is 2.20. The molecule has 1 rings (SSSR count). The molecule has 1 N–H and O–H groups in total. The largest absolute Gasteiger partial charge is 0.354 e. The number of hydrogen-bond acceptors (Lipinski definition) is 1. The molecule has 18 heavy (non-hydrogen) atoms. The Morgan fingerprint density at radius 1 is 1.33 bits per heavy atom. The van der Waals surface area contributed by atoms with Crippen LogP contribution in [0.2, 0.25) is 0 Å². The minimum Gasteiger partial charge on any atom is -0.354 e. The first-order valence-electron chi connectivity index (χ1n) is 6.32. The number of amides is 1. The molecule has 0 fully saturated rings. The average molecular weight is 251 g/mol. The van der Waals surface area contributed by atoms with Gasteiger partial charge in [0.05, 0.1) is 0 Å². The number of halogens is 1. The van der Waals surface area contributed by atoms with E-state index in [0.717, 1.165) is 6.42 Å². The predicted molar refractivity (Wildman–Crippen MR) is 72.4 cm³/mol. The van der Waals surface area contributed by atoms with Crippen molar-refractivity contribution in [2.24, 2.45) is 0 Å². The summed E-state index contributed by atoms with van der Waals surface area (Å²) in [5.41, 5.74) is 2.44. The first-order valence-corrected chi connectivity index (χ1v) is 6.32. The van der Waals surface area contributed by atoms with Crippen LogP contribution in [0.4, 0.5) is 4.39 Å². The smallest absolute Gasteiger partial charge is 0.254 e. The Morgan fingerprint density at radius 3 is 2.39 bits per heavy atom. The SMILES string of the molecule is Cc1ccc(C(C)(C)CCNC(=O)C(C)F)cc1. The van der Waals surface area contributed by atoms with Crippen LogP contribution in [0, 0.1) is 6.92 Å². The summed E-state index contributed by atoms with van der Waals surface area (Å²) in [4.78, 5) is 11.1. The third-order valence-electron chi connectivity index (χ3n) is 3.24. The average Bonchev–Trinajstić information content (AvgIpc) is 2.29. The standard InChI is InChI=1S/C15H22FNO/c1-11-5-7-13(8-6-11)15(3,4)9-10-17-14(18)12(2)16/h5-8,12H,9-10H2,1-4H3,(H,17,18). The molecule has 0 saturated heterocycles. The summed E-state index contributed by atoms with van der Waals surface area (Å²) < 4.78 is 12.7. The Labute approximate surface area is 109 Å². The summed E-state index contributed by atoms with van der Waals surface area (Å²) in [7, 11) is 0. The first kappa shape index (κ1) is 14.7. The lowest BCUT2D eigenvalue weighted by atomic mass is 9.81. The molecule has 0 aliphatic carbocycles. The molecule has 1 aromatic rings. The molecular weight excluding hydrogens is 229 g/mol. The Hall–Kier alpha value is -1.38. The van der Waals surface area contributed by atoms with E-state index >= 15 is 0 Å². The van der Waals surface area contributed by atoms with Crippen LogP contribution in [0.1, 0.15) is 38.3 Å². The van der Waals surface area contributed by atoms with Crippen molar-refractivity contribution in [2.75, 3.05) is 6.54 Å². The van der Waals surface area contributed by atoms with Gasteiger partial charge in [-0.1, -0.05) is 43.7 Å². The van der Waals surface area contributed by atoms with Crippen molar-refractivity contribution in [1.29, 1.82) is 0 Å². The molecule has 100 valence electrons. The molecule has 0 aromatic heterocycles. The van der Waals surface area contributed by atoms with Crippen LogP contribution in [0.5, 0.6) is 0 Å². The summed E-state index contributed by atoms with van der Waals surface area (Å²) in [5, 5.41) is 2.61. The lowest BCUT2D eigenvalue weighted by Gasteiger charge is -2.25. The van der Waals surface area contributed by atoms with Crippen molar-refractivity contribution in [2.45, 2.75) is 45.7 Å². The number of carbonyl (C=O) groups is 1. The Kier molecular flexibility index (Phi) is 4.88. The van der Waals surface area contributed by atoms with Crippen LogP contribution in [-0.4, -0.2) is 18.6 Å². The van der Waals surface area contributed by atoms with Gasteiger partial charge < -0.3 is 5.32 Å². The van der Waals surface area contributed by atoms with Gasteiger partial charge in [-0.25, -0.2) is 4.39 Å². The monoisotopic (exact) mass is 251 g/mol. The third kappa shape index (κ3) is 4.13. The predicted octanol–water partition coefficient (Wildman–Crippen LogP) is 3.14. The van der Waals surface area contributed by atoms with E-state index in [2.05, 4.69) is 50.4 Å². The Bertz CT molecular complexity index is 395. The van der Waals surface area contributed by atoms with E-state index in [1.807, 2.05) is 0 Å². The molecule has 1 amide bonds. The molecule has 3 heteroatoms. The van der Waals surface area contributed by atoms with E-state index in [-0.39, 0.29) is 5.41 Å². The van der Waals surface area contributed by atoms with Crippen molar-refractivity contribution >= 4 is 5.91 Å². The van der Waals surface area contributed by atoms with Crippen LogP contribution < -0.4 is 5.32 Å². The zero-order valence-corrected chi connectivity index (χ0v) is 11.6. The van der Waals surface area contributed by atoms with Crippen molar-refractivity contribution in [3.05, 3.63) is 35.4 Å². The number of carbonyl (C=O) groups excluding carboxylic acids is 1. The van der Waals surface area contributed by atoms with Crippen LogP contribution in [0.3, 0.4) is 0 Å². The third-order valence-corrected chi connectivity index (χ3v) is 3.24. The zero-order valence-electron chi connectivity index (χ0n) is 11.6. The fraction of sp³-hybridized carbons (Fsp3) is 0.533. The van der Waals surface area contributed by atoms with Gasteiger partial charge in [-0.15, -0.1) is 0 Å². The lowest BCUT2D eigenvalue weighted by molar-refractivity contribution is -0.125. The van der Waals surface area contributed by atoms with E-state index in [1.165, 1.54) is 18.1 Å². The van der Waals surface area contributed by atoms with Crippen molar-refractivity contribution < 1.29 is 9.18 Å². The minimum absolute atomic E-state index is 0.0273. The molecule has 1 aromatic carbocycles. The van der Waals surface area contributed by atoms with E-state index in [1.54, 1.807) is 0 Å². The summed E-state index contributed by atoms with van der Waals surface area (Å²) in [6.07, 6.45) is -0.651. The molecule has 2 nitrogen and oxygen atoms in total. The van der Waals surface area contributed by atoms with Crippen LogP contribution in [-0.2, 0) is 10.2 Å². The second kappa shape index (κ2) is 5.98. The van der Waals surface area contributed by atoms with E-state index in [9.17, 15) is 9.18 Å². The van der Waals surface area contributed by atoms with E-state index < -0.39 is 12.1 Å². The maximum Gasteiger partial charge on any atom is 0.254 e. The van der Waals surface area contributed by atoms with Gasteiger partial charge in [0, 0.05) is 6.54 Å². The van der Waals surface area contributed by atoms with Gasteiger partial charge in [0.1, 0.15) is 0 Å². The summed E-state index contributed by atoms with van der Waals surface area (Å²) in [6.45, 7) is 8.06. The number of nitrogens with one attached hydrogen (secondary N) is 1. The molecule has 0 saturated carbocycles. The summed E-state index contributed by atoms with van der Waals surface area (Å²) >= 11 is 0. The normalized spacial score (nSPS) is 13.2. The van der Waals surface area contributed by atoms with Gasteiger partial charge in [0.2, 0.25) is 0 Å². The quantitative estimate of drug-likeness (QED) is 0.856. The molecule has 0 aliphatic heterocycles. The van der Waals surface area contributed by atoms with Crippen LogP contribution >= 0.6 is 0 Å². The van der Waals surface area contributed by atoms with Crippen LogP contribution in [0.25, 0.3) is 0 Å². The fourth-order valence-corrected chi connectivity index (χ4v) is 1.79.